The van der Waals surface area contributed by atoms with Crippen LogP contribution in [0.3, 0.4) is 0 Å². The Morgan fingerprint density at radius 1 is 1.28 bits per heavy atom. The fourth-order valence-corrected chi connectivity index (χ4v) is 2.26. The average Bonchev–Trinajstić information content (AvgIpc) is 2.39. The van der Waals surface area contributed by atoms with E-state index in [1.807, 2.05) is 0 Å². The first-order valence-electron chi connectivity index (χ1n) is 6.61. The van der Waals surface area contributed by atoms with E-state index in [1.54, 1.807) is 0 Å². The van der Waals surface area contributed by atoms with Crippen LogP contribution in [0, 0.1) is 0 Å². The average molecular weight is 255 g/mol. The van der Waals surface area contributed by atoms with Crippen LogP contribution in [-0.2, 0) is 14.3 Å². The molecule has 1 unspecified atom stereocenters. The lowest BCUT2D eigenvalue weighted by atomic mass is 10.1. The number of carbonyl (C=O) groups is 2. The molecule has 2 aliphatic rings. The third kappa shape index (κ3) is 4.27. The van der Waals surface area contributed by atoms with Crippen molar-refractivity contribution in [2.24, 2.45) is 0 Å². The molecule has 2 aliphatic heterocycles. The van der Waals surface area contributed by atoms with Gasteiger partial charge in [-0.25, -0.2) is 0 Å². The zero-order valence-electron chi connectivity index (χ0n) is 10.5. The summed E-state index contributed by atoms with van der Waals surface area (Å²) >= 11 is 0. The van der Waals surface area contributed by atoms with E-state index < -0.39 is 0 Å². The van der Waals surface area contributed by atoms with E-state index in [-0.39, 0.29) is 23.9 Å². The summed E-state index contributed by atoms with van der Waals surface area (Å²) in [6.45, 7) is 2.39. The second-order valence-electron chi connectivity index (χ2n) is 4.87. The molecule has 0 aliphatic carbocycles. The number of piperidine rings is 1. The Labute approximate surface area is 107 Å². The monoisotopic (exact) mass is 255 g/mol. The van der Waals surface area contributed by atoms with E-state index >= 15 is 0 Å². The summed E-state index contributed by atoms with van der Waals surface area (Å²) in [5.41, 5.74) is 0. The fraction of sp³-hybridized carbons (Fsp3) is 0.833. The summed E-state index contributed by atoms with van der Waals surface area (Å²) in [6, 6.07) is 0.460. The van der Waals surface area contributed by atoms with Crippen LogP contribution in [0.4, 0.5) is 0 Å². The van der Waals surface area contributed by atoms with Gasteiger partial charge in [-0.15, -0.1) is 0 Å². The summed E-state index contributed by atoms with van der Waals surface area (Å²) < 4.78 is 5.24. The van der Waals surface area contributed by atoms with Gasteiger partial charge in [-0.05, 0) is 19.3 Å². The van der Waals surface area contributed by atoms with Gasteiger partial charge in [0.05, 0.1) is 6.54 Å². The molecule has 2 heterocycles. The highest BCUT2D eigenvalue weighted by molar-refractivity contribution is 5.78. The summed E-state index contributed by atoms with van der Waals surface area (Å²) in [6.07, 6.45) is 3.13. The first-order valence-corrected chi connectivity index (χ1v) is 6.61. The summed E-state index contributed by atoms with van der Waals surface area (Å²) in [7, 11) is 0. The van der Waals surface area contributed by atoms with Gasteiger partial charge in [0.15, 0.2) is 0 Å². The molecule has 2 fully saturated rings. The molecule has 3 N–H and O–H groups in total. The molecule has 0 aromatic rings. The molecule has 0 radical (unpaired) electrons. The Hall–Kier alpha value is -1.14. The van der Waals surface area contributed by atoms with Crippen molar-refractivity contribution < 1.29 is 14.3 Å². The number of hydrogen-bond donors (Lipinski definition) is 3. The maximum absolute atomic E-state index is 11.7. The van der Waals surface area contributed by atoms with Gasteiger partial charge in [-0.3, -0.25) is 9.59 Å². The molecule has 18 heavy (non-hydrogen) atoms. The molecular weight excluding hydrogens is 234 g/mol. The van der Waals surface area contributed by atoms with Crippen molar-refractivity contribution in [1.29, 1.82) is 0 Å². The van der Waals surface area contributed by atoms with Crippen LogP contribution >= 0.6 is 0 Å². The van der Waals surface area contributed by atoms with Crippen LogP contribution in [0.15, 0.2) is 0 Å². The zero-order chi connectivity index (χ0) is 12.8. The third-order valence-electron chi connectivity index (χ3n) is 3.40. The summed E-state index contributed by atoms with van der Waals surface area (Å²) in [4.78, 5) is 22.7. The predicted octanol–water partition coefficient (Wildman–Crippen LogP) is -0.850. The molecule has 1 atom stereocenters. The minimum atomic E-state index is 0.0267. The minimum Gasteiger partial charge on any atom is -0.381 e. The first-order chi connectivity index (χ1) is 8.74. The molecular formula is C12H21N3O3. The fourth-order valence-electron chi connectivity index (χ4n) is 2.26. The SMILES string of the molecule is O=C1CCC(NCC(=O)NC2CCOCC2)CN1. The van der Waals surface area contributed by atoms with Crippen molar-refractivity contribution in [3.05, 3.63) is 0 Å². The molecule has 2 amide bonds. The van der Waals surface area contributed by atoms with Crippen molar-refractivity contribution in [2.75, 3.05) is 26.3 Å². The van der Waals surface area contributed by atoms with Crippen LogP contribution in [0.5, 0.6) is 0 Å². The maximum atomic E-state index is 11.7. The van der Waals surface area contributed by atoms with Crippen molar-refractivity contribution in [1.82, 2.24) is 16.0 Å². The van der Waals surface area contributed by atoms with Crippen LogP contribution < -0.4 is 16.0 Å². The molecule has 0 saturated carbocycles. The van der Waals surface area contributed by atoms with E-state index in [0.29, 0.717) is 19.5 Å². The van der Waals surface area contributed by atoms with Crippen molar-refractivity contribution in [3.63, 3.8) is 0 Å². The number of ether oxygens (including phenoxy) is 1. The molecule has 6 nitrogen and oxygen atoms in total. The summed E-state index contributed by atoms with van der Waals surface area (Å²) in [5, 5.41) is 8.96. The molecule has 2 rings (SSSR count). The van der Waals surface area contributed by atoms with Crippen LogP contribution in [0.1, 0.15) is 25.7 Å². The van der Waals surface area contributed by atoms with Gasteiger partial charge in [-0.2, -0.15) is 0 Å². The molecule has 6 heteroatoms. The number of amides is 2. The lowest BCUT2D eigenvalue weighted by molar-refractivity contribution is -0.122. The maximum Gasteiger partial charge on any atom is 0.234 e. The van der Waals surface area contributed by atoms with Gasteiger partial charge >= 0.3 is 0 Å². The number of carbonyl (C=O) groups excluding carboxylic acids is 2. The topological polar surface area (TPSA) is 79.5 Å². The third-order valence-corrected chi connectivity index (χ3v) is 3.40. The number of hydrogen-bond acceptors (Lipinski definition) is 4. The molecule has 0 bridgehead atoms. The Morgan fingerprint density at radius 2 is 2.06 bits per heavy atom. The van der Waals surface area contributed by atoms with E-state index in [0.717, 1.165) is 32.5 Å². The van der Waals surface area contributed by atoms with Crippen LogP contribution in [0.2, 0.25) is 0 Å². The van der Waals surface area contributed by atoms with Crippen molar-refractivity contribution in [2.45, 2.75) is 37.8 Å². The van der Waals surface area contributed by atoms with E-state index in [1.165, 1.54) is 0 Å². The lowest BCUT2D eigenvalue weighted by Gasteiger charge is -2.25. The van der Waals surface area contributed by atoms with E-state index in [9.17, 15) is 9.59 Å². The first kappa shape index (κ1) is 13.3. The van der Waals surface area contributed by atoms with Gasteiger partial charge in [-0.1, -0.05) is 0 Å². The standard InChI is InChI=1S/C12H21N3O3/c16-11-2-1-10(7-14-11)13-8-12(17)15-9-3-5-18-6-4-9/h9-10,13H,1-8H2,(H,14,16)(H,15,17). The second kappa shape index (κ2) is 6.70. The quantitative estimate of drug-likeness (QED) is 0.611. The normalized spacial score (nSPS) is 25.6. The highest BCUT2D eigenvalue weighted by Crippen LogP contribution is 2.06. The Bertz CT molecular complexity index is 293. The smallest absolute Gasteiger partial charge is 0.234 e. The molecule has 102 valence electrons. The predicted molar refractivity (Wildman–Crippen MR) is 66.0 cm³/mol. The molecule has 0 spiro atoms. The highest BCUT2D eigenvalue weighted by Gasteiger charge is 2.19. The molecule has 2 saturated heterocycles. The van der Waals surface area contributed by atoms with Gasteiger partial charge < -0.3 is 20.7 Å². The van der Waals surface area contributed by atoms with Gasteiger partial charge in [0.1, 0.15) is 0 Å². The molecule has 0 aromatic carbocycles. The van der Waals surface area contributed by atoms with Crippen LogP contribution in [-0.4, -0.2) is 50.2 Å². The number of nitrogens with one attached hydrogen (secondary N) is 3. The van der Waals surface area contributed by atoms with Gasteiger partial charge in [0.2, 0.25) is 11.8 Å². The Kier molecular flexibility index (Phi) is 4.95. The number of rotatable bonds is 4. The zero-order valence-corrected chi connectivity index (χ0v) is 10.5. The Morgan fingerprint density at radius 3 is 2.72 bits per heavy atom. The Balaban J connectivity index is 1.60. The lowest BCUT2D eigenvalue weighted by Crippen LogP contribution is -2.50. The van der Waals surface area contributed by atoms with Gasteiger partial charge in [0, 0.05) is 38.3 Å². The van der Waals surface area contributed by atoms with Gasteiger partial charge in [0.25, 0.3) is 0 Å². The largest absolute Gasteiger partial charge is 0.381 e. The van der Waals surface area contributed by atoms with Crippen LogP contribution in [0.25, 0.3) is 0 Å². The highest BCUT2D eigenvalue weighted by atomic mass is 16.5. The second-order valence-corrected chi connectivity index (χ2v) is 4.87. The minimum absolute atomic E-state index is 0.0267. The van der Waals surface area contributed by atoms with E-state index in [4.69, 9.17) is 4.74 Å². The van der Waals surface area contributed by atoms with Crippen molar-refractivity contribution in [3.8, 4) is 0 Å². The molecule has 0 aromatic heterocycles. The summed E-state index contributed by atoms with van der Waals surface area (Å²) in [5.74, 6) is 0.124. The van der Waals surface area contributed by atoms with E-state index in [2.05, 4.69) is 16.0 Å². The van der Waals surface area contributed by atoms with Crippen molar-refractivity contribution >= 4 is 11.8 Å².